The van der Waals surface area contributed by atoms with E-state index < -0.39 is 0 Å². The minimum atomic E-state index is 0.489. The summed E-state index contributed by atoms with van der Waals surface area (Å²) in [6.07, 6.45) is 5.13. The molecule has 0 atom stereocenters. The molecule has 84 valence electrons. The Balaban J connectivity index is 1.69. The molecule has 0 amide bonds. The van der Waals surface area contributed by atoms with Crippen LogP contribution in [0.5, 0.6) is 0 Å². The van der Waals surface area contributed by atoms with E-state index in [4.69, 9.17) is 5.73 Å². The molecule has 1 aromatic carbocycles. The van der Waals surface area contributed by atoms with Crippen LogP contribution in [0.3, 0.4) is 0 Å². The van der Waals surface area contributed by atoms with Crippen molar-refractivity contribution in [2.45, 2.75) is 25.8 Å². The lowest BCUT2D eigenvalue weighted by molar-refractivity contribution is 0.541. The maximum absolute atomic E-state index is 5.48. The highest BCUT2D eigenvalue weighted by atomic mass is 15.4. The Labute approximate surface area is 95.1 Å². The third-order valence-electron chi connectivity index (χ3n) is 2.50. The molecule has 0 aliphatic rings. The third-order valence-corrected chi connectivity index (χ3v) is 2.50. The van der Waals surface area contributed by atoms with Crippen molar-refractivity contribution in [2.75, 3.05) is 5.73 Å². The predicted molar refractivity (Wildman–Crippen MR) is 63.8 cm³/mol. The van der Waals surface area contributed by atoms with Crippen molar-refractivity contribution in [2.24, 2.45) is 0 Å². The predicted octanol–water partition coefficient (Wildman–Crippen LogP) is 1.88. The third kappa shape index (κ3) is 3.08. The van der Waals surface area contributed by atoms with Gasteiger partial charge < -0.3 is 5.73 Å². The monoisotopic (exact) mass is 216 g/mol. The van der Waals surface area contributed by atoms with Crippen molar-refractivity contribution >= 4 is 5.82 Å². The lowest BCUT2D eigenvalue weighted by Gasteiger charge is -2.01. The van der Waals surface area contributed by atoms with Crippen LogP contribution in [0.4, 0.5) is 5.82 Å². The molecule has 0 unspecified atom stereocenters. The molecule has 0 saturated heterocycles. The van der Waals surface area contributed by atoms with E-state index in [1.165, 1.54) is 5.56 Å². The SMILES string of the molecule is Nc1cn(CCCCc2ccccc2)nn1. The zero-order chi connectivity index (χ0) is 11.2. The van der Waals surface area contributed by atoms with E-state index in [9.17, 15) is 0 Å². The van der Waals surface area contributed by atoms with Crippen LogP contribution in [0.1, 0.15) is 18.4 Å². The van der Waals surface area contributed by atoms with Gasteiger partial charge in [0.2, 0.25) is 0 Å². The molecule has 2 aromatic rings. The fourth-order valence-corrected chi connectivity index (χ4v) is 1.67. The number of hydrogen-bond acceptors (Lipinski definition) is 3. The van der Waals surface area contributed by atoms with Gasteiger partial charge in [-0.25, -0.2) is 0 Å². The first-order valence-corrected chi connectivity index (χ1v) is 5.54. The van der Waals surface area contributed by atoms with Crippen LogP contribution in [0.15, 0.2) is 36.5 Å². The summed E-state index contributed by atoms with van der Waals surface area (Å²) in [7, 11) is 0. The number of nitrogen functional groups attached to an aromatic ring is 1. The molecule has 0 aliphatic heterocycles. The van der Waals surface area contributed by atoms with E-state index in [0.717, 1.165) is 25.8 Å². The summed E-state index contributed by atoms with van der Waals surface area (Å²) < 4.78 is 1.79. The van der Waals surface area contributed by atoms with Crippen LogP contribution < -0.4 is 5.73 Å². The molecule has 0 bridgehead atoms. The van der Waals surface area contributed by atoms with Crippen molar-refractivity contribution in [1.82, 2.24) is 15.0 Å². The van der Waals surface area contributed by atoms with E-state index >= 15 is 0 Å². The first-order valence-electron chi connectivity index (χ1n) is 5.54. The molecule has 1 aromatic heterocycles. The van der Waals surface area contributed by atoms with Gasteiger partial charge in [-0.3, -0.25) is 4.68 Å². The highest BCUT2D eigenvalue weighted by molar-refractivity contribution is 5.19. The Bertz CT molecular complexity index is 422. The van der Waals surface area contributed by atoms with Crippen LogP contribution >= 0.6 is 0 Å². The standard InChI is InChI=1S/C12H16N4/c13-12-10-16(15-14-12)9-5-4-8-11-6-2-1-3-7-11/h1-3,6-7,10H,4-5,8-9,13H2. The second-order valence-electron chi connectivity index (χ2n) is 3.85. The van der Waals surface area contributed by atoms with Crippen LogP contribution in [-0.4, -0.2) is 15.0 Å². The topological polar surface area (TPSA) is 56.7 Å². The normalized spacial score (nSPS) is 10.5. The van der Waals surface area contributed by atoms with Gasteiger partial charge in [0.15, 0.2) is 5.82 Å². The number of nitrogens with zero attached hydrogens (tertiary/aromatic N) is 3. The Morgan fingerprint density at radius 1 is 1.12 bits per heavy atom. The molecule has 0 spiro atoms. The Morgan fingerprint density at radius 2 is 1.94 bits per heavy atom. The zero-order valence-corrected chi connectivity index (χ0v) is 9.21. The number of unbranched alkanes of at least 4 members (excludes halogenated alkanes) is 1. The number of hydrogen-bond donors (Lipinski definition) is 1. The largest absolute Gasteiger partial charge is 0.381 e. The molecular formula is C12H16N4. The highest BCUT2D eigenvalue weighted by Crippen LogP contribution is 2.05. The molecule has 0 fully saturated rings. The van der Waals surface area contributed by atoms with Crippen molar-refractivity contribution in [3.63, 3.8) is 0 Å². The molecular weight excluding hydrogens is 200 g/mol. The Hall–Kier alpha value is -1.84. The lowest BCUT2D eigenvalue weighted by atomic mass is 10.1. The van der Waals surface area contributed by atoms with Crippen LogP contribution in [0.2, 0.25) is 0 Å². The summed E-state index contributed by atoms with van der Waals surface area (Å²) in [5, 5.41) is 7.65. The van der Waals surface area contributed by atoms with E-state index in [-0.39, 0.29) is 0 Å². The molecule has 4 nitrogen and oxygen atoms in total. The summed E-state index contributed by atoms with van der Waals surface area (Å²) in [4.78, 5) is 0. The fourth-order valence-electron chi connectivity index (χ4n) is 1.67. The van der Waals surface area contributed by atoms with Gasteiger partial charge in [0.05, 0.1) is 6.20 Å². The van der Waals surface area contributed by atoms with Crippen molar-refractivity contribution in [1.29, 1.82) is 0 Å². The number of anilines is 1. The number of rotatable bonds is 5. The summed E-state index contributed by atoms with van der Waals surface area (Å²) in [5.41, 5.74) is 6.87. The van der Waals surface area contributed by atoms with Crippen LogP contribution in [-0.2, 0) is 13.0 Å². The van der Waals surface area contributed by atoms with Gasteiger partial charge >= 0.3 is 0 Å². The van der Waals surface area contributed by atoms with Crippen LogP contribution in [0.25, 0.3) is 0 Å². The molecule has 16 heavy (non-hydrogen) atoms. The summed E-state index contributed by atoms with van der Waals surface area (Å²) in [5.74, 6) is 0.489. The highest BCUT2D eigenvalue weighted by Gasteiger charge is 1.96. The number of aromatic nitrogens is 3. The van der Waals surface area contributed by atoms with Gasteiger partial charge in [0.25, 0.3) is 0 Å². The quantitative estimate of drug-likeness (QED) is 0.776. The minimum absolute atomic E-state index is 0.489. The van der Waals surface area contributed by atoms with Gasteiger partial charge in [0.1, 0.15) is 0 Å². The maximum atomic E-state index is 5.48. The molecule has 0 radical (unpaired) electrons. The first kappa shape index (κ1) is 10.7. The van der Waals surface area contributed by atoms with E-state index in [2.05, 4.69) is 34.6 Å². The van der Waals surface area contributed by atoms with E-state index in [1.807, 2.05) is 6.07 Å². The average Bonchev–Trinajstić information content (AvgIpc) is 2.72. The summed E-state index contributed by atoms with van der Waals surface area (Å²) in [6, 6.07) is 10.5. The Kier molecular flexibility index (Phi) is 3.53. The zero-order valence-electron chi connectivity index (χ0n) is 9.21. The molecule has 0 saturated carbocycles. The first-order chi connectivity index (χ1) is 7.84. The molecule has 4 heteroatoms. The molecule has 1 heterocycles. The van der Waals surface area contributed by atoms with Crippen LogP contribution in [0, 0.1) is 0 Å². The number of aryl methyl sites for hydroxylation is 2. The Morgan fingerprint density at radius 3 is 2.62 bits per heavy atom. The number of benzene rings is 1. The maximum Gasteiger partial charge on any atom is 0.165 e. The minimum Gasteiger partial charge on any atom is -0.381 e. The van der Waals surface area contributed by atoms with Gasteiger partial charge in [-0.2, -0.15) is 0 Å². The van der Waals surface area contributed by atoms with Gasteiger partial charge in [-0.1, -0.05) is 35.5 Å². The van der Waals surface area contributed by atoms with E-state index in [1.54, 1.807) is 10.9 Å². The molecule has 2 rings (SSSR count). The van der Waals surface area contributed by atoms with Crippen molar-refractivity contribution in [3.05, 3.63) is 42.1 Å². The average molecular weight is 216 g/mol. The smallest absolute Gasteiger partial charge is 0.165 e. The second-order valence-corrected chi connectivity index (χ2v) is 3.85. The number of nitrogens with two attached hydrogens (primary N) is 1. The van der Waals surface area contributed by atoms with Gasteiger partial charge in [-0.15, -0.1) is 5.10 Å². The van der Waals surface area contributed by atoms with Crippen molar-refractivity contribution in [3.8, 4) is 0 Å². The summed E-state index contributed by atoms with van der Waals surface area (Å²) >= 11 is 0. The molecule has 2 N–H and O–H groups in total. The fraction of sp³-hybridized carbons (Fsp3) is 0.333. The van der Waals surface area contributed by atoms with Gasteiger partial charge in [0, 0.05) is 6.54 Å². The molecule has 0 aliphatic carbocycles. The summed E-state index contributed by atoms with van der Waals surface area (Å²) in [6.45, 7) is 0.886. The van der Waals surface area contributed by atoms with Crippen molar-refractivity contribution < 1.29 is 0 Å². The van der Waals surface area contributed by atoms with Gasteiger partial charge in [-0.05, 0) is 24.8 Å². The van der Waals surface area contributed by atoms with E-state index in [0.29, 0.717) is 5.82 Å². The second kappa shape index (κ2) is 5.30. The lowest BCUT2D eigenvalue weighted by Crippen LogP contribution is -1.99.